The minimum absolute atomic E-state index is 0.947. The highest BCUT2D eigenvalue weighted by molar-refractivity contribution is 7.11. The first-order chi connectivity index (χ1) is 8.95. The minimum atomic E-state index is -1.16. The molecule has 0 fully saturated rings. The maximum atomic E-state index is 3.51. The van der Waals surface area contributed by atoms with Crippen LogP contribution in [0.5, 0.6) is 0 Å². The molecule has 19 heavy (non-hydrogen) atoms. The Morgan fingerprint density at radius 1 is 0.947 bits per heavy atom. The van der Waals surface area contributed by atoms with Crippen molar-refractivity contribution in [3.63, 3.8) is 0 Å². The molecule has 0 spiro atoms. The summed E-state index contributed by atoms with van der Waals surface area (Å²) in [6.45, 7) is 11.2. The molecule has 0 unspecified atom stereocenters. The van der Waals surface area contributed by atoms with Gasteiger partial charge in [-0.2, -0.15) is 0 Å². The zero-order valence-electron chi connectivity index (χ0n) is 12.3. The highest BCUT2D eigenvalue weighted by atomic mass is 32.1. The Balaban J connectivity index is 1.86. The number of thiophene rings is 1. The van der Waals surface area contributed by atoms with E-state index < -0.39 is 8.07 Å². The number of hydrogen-bond donors (Lipinski definition) is 1. The van der Waals surface area contributed by atoms with Gasteiger partial charge in [0, 0.05) is 22.8 Å². The van der Waals surface area contributed by atoms with Crippen LogP contribution in [0.4, 0.5) is 0 Å². The third kappa shape index (κ3) is 4.30. The second kappa shape index (κ2) is 6.03. The summed E-state index contributed by atoms with van der Waals surface area (Å²) in [6, 6.07) is 13.5. The topological polar surface area (TPSA) is 12.0 Å². The summed E-state index contributed by atoms with van der Waals surface area (Å²) in [4.78, 5) is 2.80. The van der Waals surface area contributed by atoms with Crippen molar-refractivity contribution in [1.29, 1.82) is 0 Å². The summed E-state index contributed by atoms with van der Waals surface area (Å²) < 4.78 is 0. The van der Waals surface area contributed by atoms with Crippen LogP contribution in [-0.2, 0) is 13.1 Å². The molecular weight excluding hydrogens is 266 g/mol. The van der Waals surface area contributed by atoms with Crippen molar-refractivity contribution >= 4 is 24.6 Å². The van der Waals surface area contributed by atoms with Crippen LogP contribution in [0.1, 0.15) is 15.3 Å². The first kappa shape index (κ1) is 14.5. The first-order valence-electron chi connectivity index (χ1n) is 6.80. The highest BCUT2D eigenvalue weighted by Crippen LogP contribution is 2.14. The van der Waals surface area contributed by atoms with Gasteiger partial charge in [-0.05, 0) is 24.6 Å². The molecule has 0 aliphatic carbocycles. The normalized spacial score (nSPS) is 11.8. The number of rotatable bonds is 5. The van der Waals surface area contributed by atoms with Crippen LogP contribution in [0.2, 0.25) is 19.6 Å². The quantitative estimate of drug-likeness (QED) is 0.823. The largest absolute Gasteiger partial charge is 0.308 e. The summed E-state index contributed by atoms with van der Waals surface area (Å²) in [6.07, 6.45) is 0. The van der Waals surface area contributed by atoms with Crippen LogP contribution in [0.3, 0.4) is 0 Å². The molecule has 102 valence electrons. The van der Waals surface area contributed by atoms with Gasteiger partial charge < -0.3 is 5.32 Å². The summed E-state index contributed by atoms with van der Waals surface area (Å²) in [5.74, 6) is 0. The Morgan fingerprint density at radius 2 is 1.63 bits per heavy atom. The fourth-order valence-electron chi connectivity index (χ4n) is 2.03. The molecule has 1 nitrogen and oxygen atoms in total. The Kier molecular flexibility index (Phi) is 4.61. The molecule has 0 saturated carbocycles. The number of benzene rings is 1. The van der Waals surface area contributed by atoms with Gasteiger partial charge in [0.2, 0.25) is 0 Å². The monoisotopic (exact) mass is 289 g/mol. The lowest BCUT2D eigenvalue weighted by Crippen LogP contribution is -2.37. The molecule has 1 aromatic carbocycles. The summed E-state index contributed by atoms with van der Waals surface area (Å²) in [5, 5.41) is 5.04. The van der Waals surface area contributed by atoms with Gasteiger partial charge >= 0.3 is 0 Å². The van der Waals surface area contributed by atoms with Crippen LogP contribution >= 0.6 is 11.3 Å². The van der Waals surface area contributed by atoms with Gasteiger partial charge in [0.05, 0.1) is 8.07 Å². The lowest BCUT2D eigenvalue weighted by molar-refractivity contribution is 0.701. The zero-order chi connectivity index (χ0) is 13.9. The van der Waals surface area contributed by atoms with Crippen molar-refractivity contribution < 1.29 is 0 Å². The zero-order valence-corrected chi connectivity index (χ0v) is 14.1. The predicted molar refractivity (Wildman–Crippen MR) is 89.0 cm³/mol. The third-order valence-corrected chi connectivity index (χ3v) is 6.31. The maximum Gasteiger partial charge on any atom is 0.0775 e. The summed E-state index contributed by atoms with van der Waals surface area (Å²) in [5.41, 5.74) is 1.37. The van der Waals surface area contributed by atoms with Crippen molar-refractivity contribution in [2.75, 3.05) is 0 Å². The van der Waals surface area contributed by atoms with Crippen LogP contribution in [0.25, 0.3) is 0 Å². The van der Waals surface area contributed by atoms with Crippen molar-refractivity contribution in [1.82, 2.24) is 5.32 Å². The molecule has 3 heteroatoms. The number of hydrogen-bond acceptors (Lipinski definition) is 2. The van der Waals surface area contributed by atoms with Gasteiger partial charge in [-0.1, -0.05) is 49.1 Å². The van der Waals surface area contributed by atoms with E-state index >= 15 is 0 Å². The fourth-order valence-corrected chi connectivity index (χ4v) is 4.06. The van der Waals surface area contributed by atoms with E-state index in [1.807, 2.05) is 11.3 Å². The number of nitrogens with one attached hydrogen (secondary N) is 1. The van der Waals surface area contributed by atoms with Gasteiger partial charge in [-0.25, -0.2) is 0 Å². The van der Waals surface area contributed by atoms with E-state index in [1.165, 1.54) is 20.5 Å². The van der Waals surface area contributed by atoms with Gasteiger partial charge in [-0.3, -0.25) is 0 Å². The highest BCUT2D eigenvalue weighted by Gasteiger charge is 2.15. The smallest absolute Gasteiger partial charge is 0.0775 e. The van der Waals surface area contributed by atoms with E-state index in [0.29, 0.717) is 0 Å². The van der Waals surface area contributed by atoms with Crippen LogP contribution < -0.4 is 10.5 Å². The second-order valence-corrected chi connectivity index (χ2v) is 12.5. The third-order valence-electron chi connectivity index (χ3n) is 3.24. The molecule has 0 bridgehead atoms. The lowest BCUT2D eigenvalue weighted by atomic mass is 10.2. The summed E-state index contributed by atoms with van der Waals surface area (Å²) >= 11 is 1.87. The fraction of sp³-hybridized carbons (Fsp3) is 0.375. The van der Waals surface area contributed by atoms with E-state index in [9.17, 15) is 0 Å². The molecule has 1 aromatic heterocycles. The van der Waals surface area contributed by atoms with Gasteiger partial charge in [0.15, 0.2) is 0 Å². The molecule has 0 amide bonds. The Labute approximate surface area is 121 Å². The van der Waals surface area contributed by atoms with Gasteiger partial charge in [0.1, 0.15) is 0 Å². The Hall–Kier alpha value is -0.903. The van der Waals surface area contributed by atoms with Crippen LogP contribution in [0, 0.1) is 6.92 Å². The van der Waals surface area contributed by atoms with Crippen molar-refractivity contribution in [3.05, 3.63) is 51.7 Å². The maximum absolute atomic E-state index is 3.51. The minimum Gasteiger partial charge on any atom is -0.308 e. The van der Waals surface area contributed by atoms with Crippen LogP contribution in [-0.4, -0.2) is 8.07 Å². The van der Waals surface area contributed by atoms with E-state index in [4.69, 9.17) is 0 Å². The molecule has 0 radical (unpaired) electrons. The SMILES string of the molecule is Cc1ccc(CNCc2ccc([Si](C)(C)C)cc2)s1. The van der Waals surface area contributed by atoms with Crippen LogP contribution in [0.15, 0.2) is 36.4 Å². The molecule has 2 rings (SSSR count). The second-order valence-electron chi connectivity index (χ2n) is 6.06. The van der Waals surface area contributed by atoms with Gasteiger partial charge in [0.25, 0.3) is 0 Å². The molecule has 0 saturated heterocycles. The van der Waals surface area contributed by atoms with E-state index in [2.05, 4.69) is 68.3 Å². The van der Waals surface area contributed by atoms with Crippen molar-refractivity contribution in [2.45, 2.75) is 39.7 Å². The molecule has 0 atom stereocenters. The molecule has 0 aliphatic rings. The standard InChI is InChI=1S/C16H23NSSi/c1-13-5-8-15(18-13)12-17-11-14-6-9-16(10-7-14)19(2,3)4/h5-10,17H,11-12H2,1-4H3. The van der Waals surface area contributed by atoms with Gasteiger partial charge in [-0.15, -0.1) is 11.3 Å². The Bertz CT molecular complexity index is 522. The predicted octanol–water partition coefficient (Wildman–Crippen LogP) is 3.89. The molecule has 1 N–H and O–H groups in total. The molecule has 0 aliphatic heterocycles. The average Bonchev–Trinajstić information content (AvgIpc) is 2.75. The summed E-state index contributed by atoms with van der Waals surface area (Å²) in [7, 11) is -1.16. The molecule has 1 heterocycles. The Morgan fingerprint density at radius 3 is 2.16 bits per heavy atom. The van der Waals surface area contributed by atoms with Crippen molar-refractivity contribution in [3.8, 4) is 0 Å². The lowest BCUT2D eigenvalue weighted by Gasteiger charge is -2.16. The molecular formula is C16H23NSSi. The average molecular weight is 290 g/mol. The first-order valence-corrected chi connectivity index (χ1v) is 11.1. The number of aryl methyl sites for hydroxylation is 1. The van der Waals surface area contributed by atoms with E-state index in [-0.39, 0.29) is 0 Å². The van der Waals surface area contributed by atoms with Crippen molar-refractivity contribution in [2.24, 2.45) is 0 Å². The van der Waals surface area contributed by atoms with E-state index in [1.54, 1.807) is 0 Å². The molecule has 2 aromatic rings. The van der Waals surface area contributed by atoms with E-state index in [0.717, 1.165) is 13.1 Å².